The Morgan fingerprint density at radius 2 is 2.60 bits per heavy atom. The van der Waals surface area contributed by atoms with Crippen molar-refractivity contribution in [1.82, 2.24) is 9.78 Å². The minimum atomic E-state index is 0.721. The molecular formula is C6H7IN2O. The summed E-state index contributed by atoms with van der Waals surface area (Å²) in [6.45, 7) is 2.42. The summed E-state index contributed by atoms with van der Waals surface area (Å²) in [6, 6.07) is 0. The van der Waals surface area contributed by atoms with Crippen LogP contribution in [0.3, 0.4) is 0 Å². The van der Waals surface area contributed by atoms with E-state index >= 15 is 0 Å². The Balaban J connectivity index is 2.45. The second kappa shape index (κ2) is 2.50. The first-order valence-electron chi connectivity index (χ1n) is 3.16. The molecule has 1 aromatic heterocycles. The average molecular weight is 250 g/mol. The lowest BCUT2D eigenvalue weighted by Gasteiger charge is -2.13. The Morgan fingerprint density at radius 3 is 3.40 bits per heavy atom. The molecule has 0 bridgehead atoms. The van der Waals surface area contributed by atoms with Gasteiger partial charge in [-0.2, -0.15) is 5.10 Å². The van der Waals surface area contributed by atoms with Gasteiger partial charge in [-0.1, -0.05) is 0 Å². The van der Waals surface area contributed by atoms with Gasteiger partial charge in [-0.05, 0) is 22.6 Å². The summed E-state index contributed by atoms with van der Waals surface area (Å²) in [7, 11) is 0. The third-order valence-electron chi connectivity index (χ3n) is 1.58. The van der Waals surface area contributed by atoms with Crippen LogP contribution in [-0.4, -0.2) is 16.4 Å². The number of hydrogen-bond acceptors (Lipinski definition) is 2. The standard InChI is InChI=1S/C6H7IN2O/c7-5-3-8-9-1-2-10-4-6(5)9/h3H,1-2,4H2. The second-order valence-electron chi connectivity index (χ2n) is 2.21. The third kappa shape index (κ3) is 0.950. The molecule has 2 heterocycles. The number of rotatable bonds is 0. The van der Waals surface area contributed by atoms with E-state index in [1.54, 1.807) is 0 Å². The molecule has 10 heavy (non-hydrogen) atoms. The molecule has 0 radical (unpaired) electrons. The fourth-order valence-corrected chi connectivity index (χ4v) is 1.60. The van der Waals surface area contributed by atoms with Gasteiger partial charge in [0.05, 0.1) is 35.2 Å². The van der Waals surface area contributed by atoms with Crippen molar-refractivity contribution >= 4 is 22.6 Å². The van der Waals surface area contributed by atoms with Gasteiger partial charge in [-0.25, -0.2) is 0 Å². The van der Waals surface area contributed by atoms with Crippen LogP contribution in [0.1, 0.15) is 5.69 Å². The van der Waals surface area contributed by atoms with Crippen molar-refractivity contribution in [2.75, 3.05) is 6.61 Å². The molecule has 0 saturated carbocycles. The molecule has 0 aromatic carbocycles. The molecule has 1 aliphatic rings. The molecule has 0 unspecified atom stereocenters. The molecule has 0 fully saturated rings. The molecule has 0 spiro atoms. The number of fused-ring (bicyclic) bond motifs is 1. The van der Waals surface area contributed by atoms with Crippen LogP contribution >= 0.6 is 22.6 Å². The predicted octanol–water partition coefficient (Wildman–Crippen LogP) is 1.02. The van der Waals surface area contributed by atoms with Gasteiger partial charge in [0.2, 0.25) is 0 Å². The molecule has 4 heteroatoms. The minimum Gasteiger partial charge on any atom is -0.373 e. The Labute approximate surface area is 72.5 Å². The van der Waals surface area contributed by atoms with E-state index in [1.165, 1.54) is 9.26 Å². The van der Waals surface area contributed by atoms with Crippen LogP contribution in [0.2, 0.25) is 0 Å². The van der Waals surface area contributed by atoms with E-state index < -0.39 is 0 Å². The van der Waals surface area contributed by atoms with Crippen molar-refractivity contribution in [3.63, 3.8) is 0 Å². The summed E-state index contributed by atoms with van der Waals surface area (Å²) in [4.78, 5) is 0. The summed E-state index contributed by atoms with van der Waals surface area (Å²) in [5, 5.41) is 4.19. The fraction of sp³-hybridized carbons (Fsp3) is 0.500. The Morgan fingerprint density at radius 1 is 1.70 bits per heavy atom. The molecule has 0 saturated heterocycles. The smallest absolute Gasteiger partial charge is 0.0896 e. The highest BCUT2D eigenvalue weighted by Crippen LogP contribution is 2.15. The lowest BCUT2D eigenvalue weighted by Crippen LogP contribution is -2.17. The molecule has 1 aliphatic heterocycles. The van der Waals surface area contributed by atoms with Crippen molar-refractivity contribution < 1.29 is 4.74 Å². The lowest BCUT2D eigenvalue weighted by molar-refractivity contribution is 0.0795. The van der Waals surface area contributed by atoms with E-state index in [0.29, 0.717) is 0 Å². The minimum absolute atomic E-state index is 0.721. The molecule has 0 atom stereocenters. The van der Waals surface area contributed by atoms with Crippen LogP contribution < -0.4 is 0 Å². The van der Waals surface area contributed by atoms with E-state index in [9.17, 15) is 0 Å². The summed E-state index contributed by atoms with van der Waals surface area (Å²) in [5.74, 6) is 0. The maximum Gasteiger partial charge on any atom is 0.0896 e. The van der Waals surface area contributed by atoms with E-state index in [2.05, 4.69) is 27.7 Å². The van der Waals surface area contributed by atoms with Gasteiger partial charge in [-0.3, -0.25) is 4.68 Å². The molecule has 0 N–H and O–H groups in total. The molecule has 54 valence electrons. The van der Waals surface area contributed by atoms with Gasteiger partial charge in [0.1, 0.15) is 0 Å². The second-order valence-corrected chi connectivity index (χ2v) is 3.38. The van der Waals surface area contributed by atoms with Crippen LogP contribution in [0.5, 0.6) is 0 Å². The van der Waals surface area contributed by atoms with Crippen LogP contribution in [-0.2, 0) is 17.9 Å². The van der Waals surface area contributed by atoms with Crippen LogP contribution in [0, 0.1) is 3.57 Å². The van der Waals surface area contributed by atoms with Crippen molar-refractivity contribution in [1.29, 1.82) is 0 Å². The zero-order chi connectivity index (χ0) is 6.97. The van der Waals surface area contributed by atoms with Gasteiger partial charge in [0, 0.05) is 0 Å². The zero-order valence-corrected chi connectivity index (χ0v) is 7.54. The van der Waals surface area contributed by atoms with Crippen molar-refractivity contribution in [3.8, 4) is 0 Å². The van der Waals surface area contributed by atoms with Crippen LogP contribution in [0.25, 0.3) is 0 Å². The highest BCUT2D eigenvalue weighted by molar-refractivity contribution is 14.1. The van der Waals surface area contributed by atoms with Gasteiger partial charge in [0.15, 0.2) is 0 Å². The number of ether oxygens (including phenoxy) is 1. The third-order valence-corrected chi connectivity index (χ3v) is 2.49. The topological polar surface area (TPSA) is 27.1 Å². The highest BCUT2D eigenvalue weighted by Gasteiger charge is 2.12. The average Bonchev–Trinajstić information content (AvgIpc) is 2.34. The molecule has 3 nitrogen and oxygen atoms in total. The van der Waals surface area contributed by atoms with Crippen molar-refractivity contribution in [3.05, 3.63) is 15.5 Å². The SMILES string of the molecule is Ic1cnn2c1COCC2. The van der Waals surface area contributed by atoms with Gasteiger partial charge >= 0.3 is 0 Å². The summed E-state index contributed by atoms with van der Waals surface area (Å²) in [5.41, 5.74) is 1.21. The maximum atomic E-state index is 5.27. The van der Waals surface area contributed by atoms with E-state index in [1.807, 2.05) is 10.9 Å². The maximum absolute atomic E-state index is 5.27. The number of hydrogen-bond donors (Lipinski definition) is 0. The van der Waals surface area contributed by atoms with Crippen LogP contribution in [0.15, 0.2) is 6.20 Å². The predicted molar refractivity (Wildman–Crippen MR) is 44.6 cm³/mol. The van der Waals surface area contributed by atoms with Crippen molar-refractivity contribution in [2.24, 2.45) is 0 Å². The monoisotopic (exact) mass is 250 g/mol. The van der Waals surface area contributed by atoms with Crippen LogP contribution in [0.4, 0.5) is 0 Å². The van der Waals surface area contributed by atoms with Crippen molar-refractivity contribution in [2.45, 2.75) is 13.2 Å². The first-order valence-corrected chi connectivity index (χ1v) is 4.24. The summed E-state index contributed by atoms with van der Waals surface area (Å²) >= 11 is 2.28. The quantitative estimate of drug-likeness (QED) is 0.643. The fourth-order valence-electron chi connectivity index (χ4n) is 1.04. The molecule has 0 amide bonds. The largest absolute Gasteiger partial charge is 0.373 e. The highest BCUT2D eigenvalue weighted by atomic mass is 127. The Kier molecular flexibility index (Phi) is 1.65. The molecule has 0 aliphatic carbocycles. The molecular weight excluding hydrogens is 243 g/mol. The number of nitrogens with zero attached hydrogens (tertiary/aromatic N) is 2. The Bertz CT molecular complexity index is 246. The first kappa shape index (κ1) is 6.60. The molecule has 1 aromatic rings. The normalized spacial score (nSPS) is 16.9. The van der Waals surface area contributed by atoms with Gasteiger partial charge < -0.3 is 4.74 Å². The zero-order valence-electron chi connectivity index (χ0n) is 5.38. The van der Waals surface area contributed by atoms with Gasteiger partial charge in [0.25, 0.3) is 0 Å². The summed E-state index contributed by atoms with van der Waals surface area (Å²) in [6.07, 6.45) is 1.88. The number of halogens is 1. The summed E-state index contributed by atoms with van der Waals surface area (Å²) < 4.78 is 8.48. The van der Waals surface area contributed by atoms with E-state index in [0.717, 1.165) is 19.8 Å². The van der Waals surface area contributed by atoms with Gasteiger partial charge in [-0.15, -0.1) is 0 Å². The first-order chi connectivity index (χ1) is 4.88. The Hall–Kier alpha value is -0.100. The molecule has 2 rings (SSSR count). The lowest BCUT2D eigenvalue weighted by atomic mass is 10.4. The van der Waals surface area contributed by atoms with E-state index in [-0.39, 0.29) is 0 Å². The number of aromatic nitrogens is 2. The van der Waals surface area contributed by atoms with E-state index in [4.69, 9.17) is 4.74 Å².